The Morgan fingerprint density at radius 2 is 2.07 bits per heavy atom. The largest absolute Gasteiger partial charge is 0.396 e. The van der Waals surface area contributed by atoms with Gasteiger partial charge in [-0.25, -0.2) is 4.98 Å². The SMILES string of the molecule is Cc1nc2ccc(C(=O)N3CC(CO)CC(CN4CCOCC4)C3)cc2[nH]1. The number of rotatable bonds is 4. The van der Waals surface area contributed by atoms with Crippen LogP contribution in [0.4, 0.5) is 0 Å². The lowest BCUT2D eigenvalue weighted by Crippen LogP contribution is -2.49. The Morgan fingerprint density at radius 1 is 1.30 bits per heavy atom. The van der Waals surface area contributed by atoms with Crippen LogP contribution < -0.4 is 0 Å². The van der Waals surface area contributed by atoms with Crippen molar-refractivity contribution in [1.82, 2.24) is 19.8 Å². The maximum absolute atomic E-state index is 13.1. The molecule has 0 radical (unpaired) electrons. The van der Waals surface area contributed by atoms with E-state index in [9.17, 15) is 9.90 Å². The minimum absolute atomic E-state index is 0.0364. The average Bonchev–Trinajstić information content (AvgIpc) is 3.07. The van der Waals surface area contributed by atoms with E-state index in [-0.39, 0.29) is 18.4 Å². The zero-order valence-corrected chi connectivity index (χ0v) is 15.9. The van der Waals surface area contributed by atoms with Gasteiger partial charge in [0.15, 0.2) is 0 Å². The van der Waals surface area contributed by atoms with Gasteiger partial charge in [-0.3, -0.25) is 9.69 Å². The number of carbonyl (C=O) groups is 1. The zero-order chi connectivity index (χ0) is 18.8. The number of morpholine rings is 1. The van der Waals surface area contributed by atoms with Crippen molar-refractivity contribution in [3.8, 4) is 0 Å². The number of fused-ring (bicyclic) bond motifs is 1. The molecule has 0 saturated carbocycles. The summed E-state index contributed by atoms with van der Waals surface area (Å²) in [6, 6.07) is 5.63. The molecular formula is C20H28N4O3. The second kappa shape index (κ2) is 7.96. The fourth-order valence-corrected chi connectivity index (χ4v) is 4.35. The second-order valence-corrected chi connectivity index (χ2v) is 7.83. The smallest absolute Gasteiger partial charge is 0.253 e. The van der Waals surface area contributed by atoms with Gasteiger partial charge in [-0.05, 0) is 43.4 Å². The van der Waals surface area contributed by atoms with Crippen LogP contribution in [0.2, 0.25) is 0 Å². The Balaban J connectivity index is 1.48. The molecule has 2 saturated heterocycles. The van der Waals surface area contributed by atoms with Gasteiger partial charge in [0, 0.05) is 44.9 Å². The number of nitrogens with zero attached hydrogens (tertiary/aromatic N) is 3. The summed E-state index contributed by atoms with van der Waals surface area (Å²) in [6.07, 6.45) is 0.969. The normalized spacial score (nSPS) is 24.4. The molecule has 7 heteroatoms. The van der Waals surface area contributed by atoms with Gasteiger partial charge in [-0.2, -0.15) is 0 Å². The van der Waals surface area contributed by atoms with E-state index in [0.717, 1.165) is 62.7 Å². The van der Waals surface area contributed by atoms with Crippen molar-refractivity contribution >= 4 is 16.9 Å². The van der Waals surface area contributed by atoms with E-state index >= 15 is 0 Å². The van der Waals surface area contributed by atoms with Gasteiger partial charge in [-0.15, -0.1) is 0 Å². The molecule has 0 spiro atoms. The van der Waals surface area contributed by atoms with Crippen molar-refractivity contribution in [3.63, 3.8) is 0 Å². The number of ether oxygens (including phenoxy) is 1. The van der Waals surface area contributed by atoms with Gasteiger partial charge in [0.05, 0.1) is 24.2 Å². The summed E-state index contributed by atoms with van der Waals surface area (Å²) < 4.78 is 5.43. The molecule has 7 nitrogen and oxygen atoms in total. The summed E-state index contributed by atoms with van der Waals surface area (Å²) in [4.78, 5) is 25.1. The number of benzene rings is 1. The topological polar surface area (TPSA) is 81.7 Å². The minimum atomic E-state index is 0.0364. The third kappa shape index (κ3) is 4.15. The Bertz CT molecular complexity index is 800. The number of imidazole rings is 1. The van der Waals surface area contributed by atoms with Crippen molar-refractivity contribution < 1.29 is 14.6 Å². The minimum Gasteiger partial charge on any atom is -0.396 e. The number of nitrogens with one attached hydrogen (secondary N) is 1. The molecule has 2 atom stereocenters. The van der Waals surface area contributed by atoms with Crippen molar-refractivity contribution in [3.05, 3.63) is 29.6 Å². The summed E-state index contributed by atoms with van der Waals surface area (Å²) >= 11 is 0. The molecule has 27 heavy (non-hydrogen) atoms. The highest BCUT2D eigenvalue weighted by Gasteiger charge is 2.31. The number of likely N-dealkylation sites (tertiary alicyclic amines) is 1. The van der Waals surface area contributed by atoms with Crippen molar-refractivity contribution in [2.24, 2.45) is 11.8 Å². The van der Waals surface area contributed by atoms with E-state index in [4.69, 9.17) is 4.74 Å². The molecule has 0 aliphatic carbocycles. The lowest BCUT2D eigenvalue weighted by Gasteiger charge is -2.40. The predicted octanol–water partition coefficient (Wildman–Crippen LogP) is 1.27. The number of aromatic amines is 1. The summed E-state index contributed by atoms with van der Waals surface area (Å²) in [6.45, 7) is 7.82. The molecule has 4 rings (SSSR count). The van der Waals surface area contributed by atoms with Gasteiger partial charge < -0.3 is 19.7 Å². The third-order valence-corrected chi connectivity index (χ3v) is 5.64. The number of aryl methyl sites for hydroxylation is 1. The number of carbonyl (C=O) groups excluding carboxylic acids is 1. The van der Waals surface area contributed by atoms with Crippen molar-refractivity contribution in [2.75, 3.05) is 52.5 Å². The van der Waals surface area contributed by atoms with Gasteiger partial charge >= 0.3 is 0 Å². The molecule has 0 bridgehead atoms. The van der Waals surface area contributed by atoms with Crippen LogP contribution >= 0.6 is 0 Å². The van der Waals surface area contributed by atoms with Crippen LogP contribution in [-0.4, -0.2) is 83.3 Å². The zero-order valence-electron chi connectivity index (χ0n) is 15.9. The van der Waals surface area contributed by atoms with Crippen LogP contribution in [0.25, 0.3) is 11.0 Å². The summed E-state index contributed by atoms with van der Waals surface area (Å²) in [7, 11) is 0. The lowest BCUT2D eigenvalue weighted by atomic mass is 9.88. The molecule has 3 heterocycles. The standard InChI is InChI=1S/C20H28N4O3/c1-14-21-18-3-2-17(9-19(18)22-14)20(26)24-11-15(8-16(12-24)13-25)10-23-4-6-27-7-5-23/h2-3,9,15-16,25H,4-8,10-13H2,1H3,(H,21,22). The molecule has 146 valence electrons. The third-order valence-electron chi connectivity index (χ3n) is 5.64. The maximum atomic E-state index is 13.1. The average molecular weight is 372 g/mol. The Hall–Kier alpha value is -1.96. The summed E-state index contributed by atoms with van der Waals surface area (Å²) in [5, 5.41) is 9.74. The highest BCUT2D eigenvalue weighted by atomic mass is 16.5. The lowest BCUT2D eigenvalue weighted by molar-refractivity contribution is 0.0130. The molecule has 1 aromatic heterocycles. The maximum Gasteiger partial charge on any atom is 0.253 e. The number of hydrogen-bond donors (Lipinski definition) is 2. The van der Waals surface area contributed by atoms with Gasteiger partial charge in [0.2, 0.25) is 0 Å². The van der Waals surface area contributed by atoms with Crippen LogP contribution in [0.15, 0.2) is 18.2 Å². The first kappa shape index (κ1) is 18.4. The summed E-state index contributed by atoms with van der Waals surface area (Å²) in [5.41, 5.74) is 2.44. The number of hydrogen-bond acceptors (Lipinski definition) is 5. The molecule has 2 aliphatic heterocycles. The number of H-pyrrole nitrogens is 1. The molecule has 2 N–H and O–H groups in total. The van der Waals surface area contributed by atoms with E-state index in [1.54, 1.807) is 0 Å². The molecular weight excluding hydrogens is 344 g/mol. The summed E-state index contributed by atoms with van der Waals surface area (Å²) in [5.74, 6) is 1.41. The van der Waals surface area contributed by atoms with Crippen LogP contribution in [-0.2, 0) is 4.74 Å². The fourth-order valence-electron chi connectivity index (χ4n) is 4.35. The predicted molar refractivity (Wildman–Crippen MR) is 103 cm³/mol. The van der Waals surface area contributed by atoms with E-state index in [1.807, 2.05) is 30.0 Å². The first-order valence-corrected chi connectivity index (χ1v) is 9.79. The van der Waals surface area contributed by atoms with E-state index in [0.29, 0.717) is 18.0 Å². The first-order valence-electron chi connectivity index (χ1n) is 9.79. The Morgan fingerprint density at radius 3 is 2.85 bits per heavy atom. The van der Waals surface area contributed by atoms with E-state index < -0.39 is 0 Å². The monoisotopic (exact) mass is 372 g/mol. The molecule has 2 aliphatic rings. The number of aliphatic hydroxyl groups excluding tert-OH is 1. The number of aliphatic hydroxyl groups is 1. The number of piperidine rings is 1. The van der Waals surface area contributed by atoms with Gasteiger partial charge in [0.1, 0.15) is 5.82 Å². The second-order valence-electron chi connectivity index (χ2n) is 7.83. The van der Waals surface area contributed by atoms with Crippen molar-refractivity contribution in [2.45, 2.75) is 13.3 Å². The van der Waals surface area contributed by atoms with Crippen molar-refractivity contribution in [1.29, 1.82) is 0 Å². The molecule has 1 amide bonds. The fraction of sp³-hybridized carbons (Fsp3) is 0.600. The van der Waals surface area contributed by atoms with Crippen LogP contribution in [0, 0.1) is 18.8 Å². The molecule has 2 fully saturated rings. The van der Waals surface area contributed by atoms with Crippen LogP contribution in [0.3, 0.4) is 0 Å². The van der Waals surface area contributed by atoms with Gasteiger partial charge in [-0.1, -0.05) is 0 Å². The van der Waals surface area contributed by atoms with E-state index in [2.05, 4.69) is 14.9 Å². The Kier molecular flexibility index (Phi) is 5.43. The van der Waals surface area contributed by atoms with Crippen LogP contribution in [0.1, 0.15) is 22.6 Å². The molecule has 2 unspecified atom stereocenters. The highest BCUT2D eigenvalue weighted by Crippen LogP contribution is 2.25. The number of aromatic nitrogens is 2. The van der Waals surface area contributed by atoms with E-state index in [1.165, 1.54) is 0 Å². The first-order chi connectivity index (χ1) is 13.1. The molecule has 2 aromatic rings. The quantitative estimate of drug-likeness (QED) is 0.845. The highest BCUT2D eigenvalue weighted by molar-refractivity contribution is 5.97. The van der Waals surface area contributed by atoms with Crippen LogP contribution in [0.5, 0.6) is 0 Å². The number of amides is 1. The molecule has 1 aromatic carbocycles. The van der Waals surface area contributed by atoms with Gasteiger partial charge in [0.25, 0.3) is 5.91 Å². The Labute approximate surface area is 159 Å².